The van der Waals surface area contributed by atoms with Crippen LogP contribution in [0.2, 0.25) is 0 Å². The van der Waals surface area contributed by atoms with Gasteiger partial charge in [-0.2, -0.15) is 0 Å². The zero-order valence-electron chi connectivity index (χ0n) is 10.9. The van der Waals surface area contributed by atoms with Crippen LogP contribution in [0.5, 0.6) is 0 Å². The monoisotopic (exact) mass is 271 g/mol. The van der Waals surface area contributed by atoms with E-state index >= 15 is 0 Å². The number of benzene rings is 2. The average molecular weight is 271 g/mol. The summed E-state index contributed by atoms with van der Waals surface area (Å²) < 4.78 is 0. The molecular weight excluding hydrogens is 254 g/mol. The van der Waals surface area contributed by atoms with Crippen LogP contribution in [0, 0.1) is 0 Å². The molecule has 2 aromatic carbocycles. The fraction of sp³-hybridized carbons (Fsp3) is 0.188. The molecule has 1 N–H and O–H groups in total. The molecule has 0 spiro atoms. The number of anilines is 1. The van der Waals surface area contributed by atoms with Crippen LogP contribution < -0.4 is 5.32 Å². The molecule has 2 nitrogen and oxygen atoms in total. The molecule has 0 radical (unpaired) electrons. The lowest BCUT2D eigenvalue weighted by atomic mass is 10.1. The van der Waals surface area contributed by atoms with Crippen LogP contribution in [-0.4, -0.2) is 12.2 Å². The highest BCUT2D eigenvalue weighted by atomic mass is 32.2. The Morgan fingerprint density at radius 3 is 2.37 bits per heavy atom. The molecule has 0 saturated heterocycles. The molecule has 98 valence electrons. The number of amides is 1. The van der Waals surface area contributed by atoms with Gasteiger partial charge in [0.05, 0.1) is 0 Å². The summed E-state index contributed by atoms with van der Waals surface area (Å²) in [6.45, 7) is 0. The number of hydrogen-bond donors (Lipinski definition) is 1. The summed E-state index contributed by atoms with van der Waals surface area (Å²) in [6.07, 6.45) is 3.32. The molecule has 3 heteroatoms. The predicted octanol–water partition coefficient (Wildman–Crippen LogP) is 3.98. The molecule has 0 unspecified atom stereocenters. The minimum atomic E-state index is 0.0563. The van der Waals surface area contributed by atoms with Gasteiger partial charge in [-0.1, -0.05) is 30.3 Å². The molecule has 0 saturated carbocycles. The van der Waals surface area contributed by atoms with E-state index in [0.717, 1.165) is 12.1 Å². The topological polar surface area (TPSA) is 29.1 Å². The number of nitrogens with one attached hydrogen (secondary N) is 1. The smallest absolute Gasteiger partial charge is 0.224 e. The van der Waals surface area contributed by atoms with E-state index in [2.05, 4.69) is 5.32 Å². The molecule has 0 atom stereocenters. The minimum Gasteiger partial charge on any atom is -0.326 e. The van der Waals surface area contributed by atoms with Crippen molar-refractivity contribution in [1.82, 2.24) is 0 Å². The van der Waals surface area contributed by atoms with Crippen molar-refractivity contribution in [2.45, 2.75) is 17.7 Å². The first-order valence-electron chi connectivity index (χ1n) is 6.26. The van der Waals surface area contributed by atoms with E-state index in [1.165, 1.54) is 10.5 Å². The second-order valence-electron chi connectivity index (χ2n) is 4.26. The van der Waals surface area contributed by atoms with Crippen LogP contribution in [0.1, 0.15) is 12.0 Å². The summed E-state index contributed by atoms with van der Waals surface area (Å²) in [5.41, 5.74) is 2.05. The second kappa shape index (κ2) is 7.00. The number of carbonyl (C=O) groups is 1. The molecule has 0 fully saturated rings. The second-order valence-corrected chi connectivity index (χ2v) is 5.14. The zero-order valence-corrected chi connectivity index (χ0v) is 11.7. The summed E-state index contributed by atoms with van der Waals surface area (Å²) in [6, 6.07) is 18.0. The Bertz CT molecular complexity index is 522. The van der Waals surface area contributed by atoms with E-state index in [1.54, 1.807) is 11.8 Å². The van der Waals surface area contributed by atoms with Gasteiger partial charge in [0.1, 0.15) is 0 Å². The Labute approximate surface area is 118 Å². The Morgan fingerprint density at radius 1 is 1.05 bits per heavy atom. The first-order chi connectivity index (χ1) is 9.28. The third-order valence-corrected chi connectivity index (χ3v) is 3.60. The third-order valence-electron chi connectivity index (χ3n) is 2.86. The van der Waals surface area contributed by atoms with Gasteiger partial charge in [-0.25, -0.2) is 0 Å². The Kier molecular flexibility index (Phi) is 5.04. The van der Waals surface area contributed by atoms with Crippen molar-refractivity contribution in [3.8, 4) is 0 Å². The van der Waals surface area contributed by atoms with Crippen molar-refractivity contribution in [1.29, 1.82) is 0 Å². The van der Waals surface area contributed by atoms with Crippen LogP contribution in [0.4, 0.5) is 5.69 Å². The molecule has 0 bridgehead atoms. The molecule has 0 heterocycles. The van der Waals surface area contributed by atoms with Gasteiger partial charge >= 0.3 is 0 Å². The maximum absolute atomic E-state index is 11.8. The van der Waals surface area contributed by atoms with Gasteiger partial charge in [-0.15, -0.1) is 11.8 Å². The molecule has 19 heavy (non-hydrogen) atoms. The quantitative estimate of drug-likeness (QED) is 0.833. The lowest BCUT2D eigenvalue weighted by Crippen LogP contribution is -2.12. The largest absolute Gasteiger partial charge is 0.326 e. The SMILES string of the molecule is CSc1ccc(NC(=O)CCc2ccccc2)cc1. The Balaban J connectivity index is 1.83. The predicted molar refractivity (Wildman–Crippen MR) is 81.6 cm³/mol. The van der Waals surface area contributed by atoms with Gasteiger partial charge in [-0.3, -0.25) is 4.79 Å². The maximum Gasteiger partial charge on any atom is 0.224 e. The normalized spacial score (nSPS) is 10.2. The van der Waals surface area contributed by atoms with E-state index in [9.17, 15) is 4.79 Å². The summed E-state index contributed by atoms with van der Waals surface area (Å²) in [7, 11) is 0. The highest BCUT2D eigenvalue weighted by Crippen LogP contribution is 2.17. The molecule has 2 aromatic rings. The van der Waals surface area contributed by atoms with Crippen LogP contribution in [0.25, 0.3) is 0 Å². The minimum absolute atomic E-state index is 0.0563. The summed E-state index contributed by atoms with van der Waals surface area (Å²) in [5.74, 6) is 0.0563. The van der Waals surface area contributed by atoms with Crippen molar-refractivity contribution in [3.05, 3.63) is 60.2 Å². The number of rotatable bonds is 5. The summed E-state index contributed by atoms with van der Waals surface area (Å²) >= 11 is 1.69. The van der Waals surface area contributed by atoms with Gasteiger partial charge in [0.25, 0.3) is 0 Å². The molecule has 2 rings (SSSR count). The van der Waals surface area contributed by atoms with Crippen LogP contribution >= 0.6 is 11.8 Å². The molecular formula is C16H17NOS. The van der Waals surface area contributed by atoms with Crippen molar-refractivity contribution in [3.63, 3.8) is 0 Å². The van der Waals surface area contributed by atoms with E-state index in [-0.39, 0.29) is 5.91 Å². The van der Waals surface area contributed by atoms with Gasteiger partial charge in [0.2, 0.25) is 5.91 Å². The molecule has 0 aromatic heterocycles. The van der Waals surface area contributed by atoms with E-state index in [0.29, 0.717) is 6.42 Å². The molecule has 0 aliphatic carbocycles. The standard InChI is InChI=1S/C16H17NOS/c1-19-15-10-8-14(9-11-15)17-16(18)12-7-13-5-3-2-4-6-13/h2-6,8-11H,7,12H2,1H3,(H,17,18). The Morgan fingerprint density at radius 2 is 1.74 bits per heavy atom. The first kappa shape index (κ1) is 13.7. The summed E-state index contributed by atoms with van der Waals surface area (Å²) in [5, 5.41) is 2.92. The van der Waals surface area contributed by atoms with Crippen molar-refractivity contribution >= 4 is 23.4 Å². The number of thioether (sulfide) groups is 1. The van der Waals surface area contributed by atoms with Crippen molar-refractivity contribution in [2.75, 3.05) is 11.6 Å². The van der Waals surface area contributed by atoms with Gasteiger partial charge in [-0.05, 0) is 42.5 Å². The lowest BCUT2D eigenvalue weighted by Gasteiger charge is -2.06. The summed E-state index contributed by atoms with van der Waals surface area (Å²) in [4.78, 5) is 13.0. The first-order valence-corrected chi connectivity index (χ1v) is 7.48. The molecule has 1 amide bonds. The molecule has 0 aliphatic rings. The highest BCUT2D eigenvalue weighted by Gasteiger charge is 2.03. The van der Waals surface area contributed by atoms with E-state index in [1.807, 2.05) is 60.9 Å². The van der Waals surface area contributed by atoms with Crippen LogP contribution in [0.3, 0.4) is 0 Å². The fourth-order valence-corrected chi connectivity index (χ4v) is 2.21. The van der Waals surface area contributed by atoms with Crippen LogP contribution in [0.15, 0.2) is 59.5 Å². The van der Waals surface area contributed by atoms with Crippen molar-refractivity contribution < 1.29 is 4.79 Å². The van der Waals surface area contributed by atoms with E-state index < -0.39 is 0 Å². The Hall–Kier alpha value is -1.74. The van der Waals surface area contributed by atoms with Gasteiger partial charge in [0.15, 0.2) is 0 Å². The van der Waals surface area contributed by atoms with Gasteiger partial charge < -0.3 is 5.32 Å². The number of hydrogen-bond acceptors (Lipinski definition) is 2. The number of carbonyl (C=O) groups excluding carboxylic acids is 1. The third kappa shape index (κ3) is 4.45. The average Bonchev–Trinajstić information content (AvgIpc) is 2.47. The van der Waals surface area contributed by atoms with Gasteiger partial charge in [0, 0.05) is 17.0 Å². The zero-order chi connectivity index (χ0) is 13.5. The maximum atomic E-state index is 11.8. The molecule has 0 aliphatic heterocycles. The number of aryl methyl sites for hydroxylation is 1. The highest BCUT2D eigenvalue weighted by molar-refractivity contribution is 7.98. The fourth-order valence-electron chi connectivity index (χ4n) is 1.80. The van der Waals surface area contributed by atoms with E-state index in [4.69, 9.17) is 0 Å². The lowest BCUT2D eigenvalue weighted by molar-refractivity contribution is -0.116. The van der Waals surface area contributed by atoms with Crippen molar-refractivity contribution in [2.24, 2.45) is 0 Å². The van der Waals surface area contributed by atoms with Crippen LogP contribution in [-0.2, 0) is 11.2 Å².